The van der Waals surface area contributed by atoms with Crippen molar-refractivity contribution in [1.82, 2.24) is 0 Å². The van der Waals surface area contributed by atoms with E-state index in [1.54, 1.807) is 0 Å². The predicted octanol–water partition coefficient (Wildman–Crippen LogP) is 2.79. The van der Waals surface area contributed by atoms with Gasteiger partial charge in [0.25, 0.3) is 0 Å². The van der Waals surface area contributed by atoms with Gasteiger partial charge in [0.2, 0.25) is 0 Å². The van der Waals surface area contributed by atoms with Crippen LogP contribution < -0.4 is 0 Å². The molecule has 0 aliphatic carbocycles. The monoisotopic (exact) mass is 230 g/mol. The highest BCUT2D eigenvalue weighted by atomic mass is 16.4. The van der Waals surface area contributed by atoms with Gasteiger partial charge in [0.1, 0.15) is 0 Å². The molecule has 0 aromatic rings. The lowest BCUT2D eigenvalue weighted by molar-refractivity contribution is -0.134. The first-order chi connectivity index (χ1) is 7.25. The topological polar surface area (TPSA) is 74.6 Å². The quantitative estimate of drug-likeness (QED) is 0.712. The van der Waals surface area contributed by atoms with Crippen molar-refractivity contribution in [3.63, 3.8) is 0 Å². The zero-order valence-corrected chi connectivity index (χ0v) is 10.4. The molecule has 0 aromatic heterocycles. The van der Waals surface area contributed by atoms with Crippen LogP contribution in [0.4, 0.5) is 0 Å². The molecule has 0 spiro atoms. The first-order valence-corrected chi connectivity index (χ1v) is 5.39. The van der Waals surface area contributed by atoms with E-state index in [2.05, 4.69) is 27.7 Å². The molecule has 0 unspecified atom stereocenters. The fourth-order valence-electron chi connectivity index (χ4n) is 0.809. The molecule has 0 radical (unpaired) electrons. The maximum absolute atomic E-state index is 9.55. The molecule has 0 aliphatic rings. The maximum atomic E-state index is 9.55. The molecule has 4 nitrogen and oxygen atoms in total. The van der Waals surface area contributed by atoms with Crippen molar-refractivity contribution < 1.29 is 19.8 Å². The average Bonchev–Trinajstić information content (AvgIpc) is 2.12. The van der Waals surface area contributed by atoms with Crippen LogP contribution in [0.1, 0.15) is 40.5 Å². The van der Waals surface area contributed by atoms with E-state index in [1.807, 2.05) is 0 Å². The molecule has 16 heavy (non-hydrogen) atoms. The highest BCUT2D eigenvalue weighted by Crippen LogP contribution is 2.09. The van der Waals surface area contributed by atoms with Crippen LogP contribution in [0, 0.1) is 11.8 Å². The van der Waals surface area contributed by atoms with Crippen LogP contribution in [0.2, 0.25) is 0 Å². The van der Waals surface area contributed by atoms with Crippen LogP contribution in [0.5, 0.6) is 0 Å². The van der Waals surface area contributed by atoms with E-state index in [9.17, 15) is 9.59 Å². The van der Waals surface area contributed by atoms with Gasteiger partial charge in [-0.3, -0.25) is 0 Å². The molecule has 0 fully saturated rings. The summed E-state index contributed by atoms with van der Waals surface area (Å²) in [6, 6.07) is 0. The van der Waals surface area contributed by atoms with Crippen molar-refractivity contribution in [3.8, 4) is 0 Å². The molecule has 0 aromatic carbocycles. The van der Waals surface area contributed by atoms with E-state index in [0.717, 1.165) is 11.8 Å². The van der Waals surface area contributed by atoms with Gasteiger partial charge in [-0.15, -0.1) is 0 Å². The number of aliphatic carboxylic acids is 2. The Hall–Kier alpha value is -1.32. The average molecular weight is 230 g/mol. The minimum atomic E-state index is -1.26. The Kier molecular flexibility index (Phi) is 10.9. The van der Waals surface area contributed by atoms with Gasteiger partial charge >= 0.3 is 11.9 Å². The van der Waals surface area contributed by atoms with Crippen molar-refractivity contribution in [1.29, 1.82) is 0 Å². The lowest BCUT2D eigenvalue weighted by atomic mass is 10.0. The highest BCUT2D eigenvalue weighted by molar-refractivity contribution is 5.89. The Bertz CT molecular complexity index is 205. The van der Waals surface area contributed by atoms with E-state index >= 15 is 0 Å². The molecule has 0 atom stereocenters. The summed E-state index contributed by atoms with van der Waals surface area (Å²) >= 11 is 0. The Morgan fingerprint density at radius 2 is 1.12 bits per heavy atom. The third-order valence-electron chi connectivity index (χ3n) is 1.69. The second kappa shape index (κ2) is 10.2. The van der Waals surface area contributed by atoms with Crippen LogP contribution in [0.3, 0.4) is 0 Å². The molecule has 2 N–H and O–H groups in total. The molecule has 4 heteroatoms. The zero-order chi connectivity index (χ0) is 13.1. The van der Waals surface area contributed by atoms with Crippen molar-refractivity contribution in [2.24, 2.45) is 11.8 Å². The SMILES string of the molecule is CC(C)CCC(C)C.O=C(O)/C=C\C(=O)O. The van der Waals surface area contributed by atoms with Crippen LogP contribution in [-0.4, -0.2) is 22.2 Å². The summed E-state index contributed by atoms with van der Waals surface area (Å²) in [5.41, 5.74) is 0. The molecule has 0 bridgehead atoms. The third kappa shape index (κ3) is 23.0. The van der Waals surface area contributed by atoms with Gasteiger partial charge in [-0.1, -0.05) is 40.5 Å². The van der Waals surface area contributed by atoms with Gasteiger partial charge in [-0.05, 0) is 11.8 Å². The number of rotatable bonds is 5. The van der Waals surface area contributed by atoms with Crippen LogP contribution in [-0.2, 0) is 9.59 Å². The summed E-state index contributed by atoms with van der Waals surface area (Å²) < 4.78 is 0. The zero-order valence-electron chi connectivity index (χ0n) is 10.4. The molecule has 0 saturated carbocycles. The Morgan fingerprint density at radius 1 is 0.875 bits per heavy atom. The van der Waals surface area contributed by atoms with Gasteiger partial charge in [0.15, 0.2) is 0 Å². The van der Waals surface area contributed by atoms with Gasteiger partial charge in [-0.2, -0.15) is 0 Å². The van der Waals surface area contributed by atoms with Crippen molar-refractivity contribution in [3.05, 3.63) is 12.2 Å². The summed E-state index contributed by atoms with van der Waals surface area (Å²) in [4.78, 5) is 19.1. The summed E-state index contributed by atoms with van der Waals surface area (Å²) in [5.74, 6) is -0.741. The molecule has 0 rings (SSSR count). The molecule has 0 heterocycles. The number of hydrogen-bond acceptors (Lipinski definition) is 2. The second-order valence-electron chi connectivity index (χ2n) is 4.37. The number of carboxylic acids is 2. The highest BCUT2D eigenvalue weighted by Gasteiger charge is 1.95. The first kappa shape index (κ1) is 17.1. The van der Waals surface area contributed by atoms with E-state index in [1.165, 1.54) is 12.8 Å². The van der Waals surface area contributed by atoms with E-state index in [-0.39, 0.29) is 0 Å². The van der Waals surface area contributed by atoms with Crippen molar-refractivity contribution in [2.45, 2.75) is 40.5 Å². The minimum absolute atomic E-state index is 0.558. The fraction of sp³-hybridized carbons (Fsp3) is 0.667. The summed E-state index contributed by atoms with van der Waals surface area (Å²) in [7, 11) is 0. The van der Waals surface area contributed by atoms with Crippen LogP contribution >= 0.6 is 0 Å². The molecule has 94 valence electrons. The standard InChI is InChI=1S/C8H18.C4H4O4/c1-7(2)5-6-8(3)4;5-3(6)1-2-4(7)8/h7-8H,5-6H2,1-4H3;1-2H,(H,5,6)(H,7,8)/b;2-1-. The summed E-state index contributed by atoms with van der Waals surface area (Å²) in [5, 5.41) is 15.6. The minimum Gasteiger partial charge on any atom is -0.478 e. The summed E-state index contributed by atoms with van der Waals surface area (Å²) in [6.07, 6.45) is 3.89. The lowest BCUT2D eigenvalue weighted by Crippen LogP contribution is -1.91. The molecular weight excluding hydrogens is 208 g/mol. The largest absolute Gasteiger partial charge is 0.478 e. The Morgan fingerprint density at radius 3 is 1.25 bits per heavy atom. The van der Waals surface area contributed by atoms with Crippen LogP contribution in [0.15, 0.2) is 12.2 Å². The van der Waals surface area contributed by atoms with Gasteiger partial charge < -0.3 is 10.2 Å². The normalized spacial score (nSPS) is 10.4. The van der Waals surface area contributed by atoms with E-state index in [4.69, 9.17) is 10.2 Å². The molecular formula is C12H22O4. The van der Waals surface area contributed by atoms with Gasteiger partial charge in [-0.25, -0.2) is 9.59 Å². The molecule has 0 aliphatic heterocycles. The third-order valence-corrected chi connectivity index (χ3v) is 1.69. The number of carboxylic acid groups (broad SMARTS) is 2. The molecule has 0 saturated heterocycles. The fourth-order valence-corrected chi connectivity index (χ4v) is 0.809. The number of hydrogen-bond donors (Lipinski definition) is 2. The maximum Gasteiger partial charge on any atom is 0.328 e. The number of carbonyl (C=O) groups is 2. The first-order valence-electron chi connectivity index (χ1n) is 5.39. The Labute approximate surface area is 97.0 Å². The van der Waals surface area contributed by atoms with E-state index < -0.39 is 11.9 Å². The van der Waals surface area contributed by atoms with Gasteiger partial charge in [0.05, 0.1) is 0 Å². The Balaban J connectivity index is 0. The second-order valence-corrected chi connectivity index (χ2v) is 4.37. The van der Waals surface area contributed by atoms with Crippen LogP contribution in [0.25, 0.3) is 0 Å². The smallest absolute Gasteiger partial charge is 0.328 e. The van der Waals surface area contributed by atoms with E-state index in [0.29, 0.717) is 12.2 Å². The lowest BCUT2D eigenvalue weighted by Gasteiger charge is -2.05. The summed E-state index contributed by atoms with van der Waals surface area (Å²) in [6.45, 7) is 9.12. The molecule has 0 amide bonds. The van der Waals surface area contributed by atoms with Crippen molar-refractivity contribution in [2.75, 3.05) is 0 Å². The predicted molar refractivity (Wildman–Crippen MR) is 63.3 cm³/mol. The van der Waals surface area contributed by atoms with Gasteiger partial charge in [0, 0.05) is 12.2 Å². The van der Waals surface area contributed by atoms with Crippen molar-refractivity contribution >= 4 is 11.9 Å².